The Balaban J connectivity index is 2.38. The van der Waals surface area contributed by atoms with Crippen molar-refractivity contribution in [2.75, 3.05) is 13.7 Å². The number of nitrogens with zero attached hydrogens (tertiary/aromatic N) is 4. The van der Waals surface area contributed by atoms with Gasteiger partial charge in [0.1, 0.15) is 0 Å². The number of hydrogen-bond donors (Lipinski definition) is 0. The number of rotatable bonds is 8. The van der Waals surface area contributed by atoms with Gasteiger partial charge < -0.3 is 9.64 Å². The van der Waals surface area contributed by atoms with Gasteiger partial charge in [-0.3, -0.25) is 34.8 Å². The van der Waals surface area contributed by atoms with Crippen molar-refractivity contribution >= 4 is 23.3 Å². The largest absolute Gasteiger partial charge is 0.469 e. The van der Waals surface area contributed by atoms with Gasteiger partial charge in [-0.15, -0.1) is 0 Å². The lowest BCUT2D eigenvalue weighted by atomic mass is 10.1. The third-order valence-corrected chi connectivity index (χ3v) is 3.79. The van der Waals surface area contributed by atoms with Crippen LogP contribution in [0, 0.1) is 20.2 Å². The van der Waals surface area contributed by atoms with Gasteiger partial charge in [0.15, 0.2) is 0 Å². The van der Waals surface area contributed by atoms with Crippen molar-refractivity contribution in [2.45, 2.75) is 13.0 Å². The number of non-ortho nitro benzene ring substituents is 2. The maximum atomic E-state index is 12.9. The van der Waals surface area contributed by atoms with Gasteiger partial charge >= 0.3 is 5.97 Å². The molecule has 0 spiro atoms. The first-order valence-electron chi connectivity index (χ1n) is 8.00. The maximum absolute atomic E-state index is 12.9. The Morgan fingerprint density at radius 3 is 2.14 bits per heavy atom. The van der Waals surface area contributed by atoms with E-state index in [1.54, 1.807) is 12.1 Å². The topological polar surface area (TPSA) is 146 Å². The van der Waals surface area contributed by atoms with Gasteiger partial charge in [-0.25, -0.2) is 0 Å². The molecule has 1 aromatic carbocycles. The number of carbonyl (C=O) groups is 2. The molecule has 0 aliphatic heterocycles. The number of esters is 1. The zero-order valence-corrected chi connectivity index (χ0v) is 14.8. The molecule has 11 heteroatoms. The van der Waals surface area contributed by atoms with Gasteiger partial charge in [0.2, 0.25) is 0 Å². The second kappa shape index (κ2) is 9.16. The third kappa shape index (κ3) is 5.30. The minimum Gasteiger partial charge on any atom is -0.469 e. The van der Waals surface area contributed by atoms with E-state index in [4.69, 9.17) is 0 Å². The van der Waals surface area contributed by atoms with Gasteiger partial charge in [-0.1, -0.05) is 0 Å². The Morgan fingerprint density at radius 2 is 1.64 bits per heavy atom. The molecule has 0 N–H and O–H groups in total. The van der Waals surface area contributed by atoms with E-state index in [1.807, 2.05) is 0 Å². The number of nitro groups is 2. The summed E-state index contributed by atoms with van der Waals surface area (Å²) in [6, 6.07) is 6.03. The molecule has 2 aromatic rings. The first kappa shape index (κ1) is 20.4. The van der Waals surface area contributed by atoms with Gasteiger partial charge in [0.25, 0.3) is 17.3 Å². The number of methoxy groups -OCH3 is 1. The van der Waals surface area contributed by atoms with Crippen molar-refractivity contribution in [2.24, 2.45) is 0 Å². The molecule has 0 radical (unpaired) electrons. The summed E-state index contributed by atoms with van der Waals surface area (Å²) in [4.78, 5) is 50.0. The van der Waals surface area contributed by atoms with Crippen LogP contribution < -0.4 is 0 Å². The molecule has 1 aromatic heterocycles. The summed E-state index contributed by atoms with van der Waals surface area (Å²) >= 11 is 0. The normalized spacial score (nSPS) is 10.2. The van der Waals surface area contributed by atoms with Gasteiger partial charge in [0, 0.05) is 37.6 Å². The maximum Gasteiger partial charge on any atom is 0.307 e. The molecule has 28 heavy (non-hydrogen) atoms. The SMILES string of the molecule is COC(=O)CCN(Cc1ccncc1)C(=O)c1cc([N+](=O)[O-])cc([N+](=O)[O-])c1. The third-order valence-electron chi connectivity index (χ3n) is 3.79. The van der Waals surface area contributed by atoms with Crippen LogP contribution in [-0.2, 0) is 16.1 Å². The molecule has 0 aliphatic rings. The first-order valence-corrected chi connectivity index (χ1v) is 8.00. The number of aromatic nitrogens is 1. The Labute approximate surface area is 158 Å². The number of nitro benzene ring substituents is 2. The molecule has 0 bridgehead atoms. The Morgan fingerprint density at radius 1 is 1.07 bits per heavy atom. The summed E-state index contributed by atoms with van der Waals surface area (Å²) in [6.07, 6.45) is 2.94. The van der Waals surface area contributed by atoms with Crippen LogP contribution in [0.5, 0.6) is 0 Å². The Hall–Kier alpha value is -3.89. The highest BCUT2D eigenvalue weighted by atomic mass is 16.6. The fraction of sp³-hybridized carbons (Fsp3) is 0.235. The van der Waals surface area contributed by atoms with Gasteiger partial charge in [0.05, 0.1) is 35.0 Å². The van der Waals surface area contributed by atoms with Crippen LogP contribution in [-0.4, -0.2) is 45.3 Å². The van der Waals surface area contributed by atoms with Crippen LogP contribution in [0.15, 0.2) is 42.7 Å². The molecule has 0 saturated carbocycles. The minimum atomic E-state index is -0.814. The molecule has 0 aliphatic carbocycles. The zero-order chi connectivity index (χ0) is 20.7. The number of benzene rings is 1. The van der Waals surface area contributed by atoms with E-state index < -0.39 is 33.1 Å². The molecule has 1 heterocycles. The summed E-state index contributed by atoms with van der Waals surface area (Å²) in [7, 11) is 1.21. The molecule has 0 atom stereocenters. The van der Waals surface area contributed by atoms with Crippen molar-refractivity contribution in [3.63, 3.8) is 0 Å². The van der Waals surface area contributed by atoms with E-state index in [-0.39, 0.29) is 25.1 Å². The standard InChI is InChI=1S/C17H16N4O7/c1-28-16(22)4-7-19(11-12-2-5-18-6-3-12)17(23)13-8-14(20(24)25)10-15(9-13)21(26)27/h2-3,5-6,8-10H,4,7,11H2,1H3. The van der Waals surface area contributed by atoms with E-state index >= 15 is 0 Å². The van der Waals surface area contributed by atoms with Gasteiger partial charge in [-0.2, -0.15) is 0 Å². The van der Waals surface area contributed by atoms with Crippen LogP contribution in [0.2, 0.25) is 0 Å². The number of amides is 1. The first-order chi connectivity index (χ1) is 13.3. The highest BCUT2D eigenvalue weighted by molar-refractivity contribution is 5.95. The average Bonchev–Trinajstić information content (AvgIpc) is 2.70. The van der Waals surface area contributed by atoms with Gasteiger partial charge in [-0.05, 0) is 17.7 Å². The second-order valence-corrected chi connectivity index (χ2v) is 5.66. The van der Waals surface area contributed by atoms with E-state index in [2.05, 4.69) is 9.72 Å². The fourth-order valence-corrected chi connectivity index (χ4v) is 2.40. The van der Waals surface area contributed by atoms with Crippen LogP contribution in [0.4, 0.5) is 11.4 Å². The number of carbonyl (C=O) groups excluding carboxylic acids is 2. The number of pyridine rings is 1. The molecule has 0 unspecified atom stereocenters. The smallest absolute Gasteiger partial charge is 0.307 e. The van der Waals surface area contributed by atoms with Crippen molar-refractivity contribution in [3.05, 3.63) is 74.1 Å². The lowest BCUT2D eigenvalue weighted by Crippen LogP contribution is -2.33. The van der Waals surface area contributed by atoms with Crippen LogP contribution in [0.25, 0.3) is 0 Å². The lowest BCUT2D eigenvalue weighted by molar-refractivity contribution is -0.394. The molecule has 2 rings (SSSR count). The number of hydrogen-bond acceptors (Lipinski definition) is 8. The fourth-order valence-electron chi connectivity index (χ4n) is 2.40. The molecule has 146 valence electrons. The molecule has 0 saturated heterocycles. The highest BCUT2D eigenvalue weighted by Gasteiger charge is 2.24. The summed E-state index contributed by atoms with van der Waals surface area (Å²) in [6.45, 7) is 0.0408. The van der Waals surface area contributed by atoms with Crippen LogP contribution in [0.3, 0.4) is 0 Å². The van der Waals surface area contributed by atoms with E-state index in [9.17, 15) is 29.8 Å². The minimum absolute atomic E-state index is 0.0374. The van der Waals surface area contributed by atoms with E-state index in [0.717, 1.165) is 18.2 Å². The number of ether oxygens (including phenoxy) is 1. The van der Waals surface area contributed by atoms with Crippen LogP contribution >= 0.6 is 0 Å². The zero-order valence-electron chi connectivity index (χ0n) is 14.8. The van der Waals surface area contributed by atoms with E-state index in [0.29, 0.717) is 5.56 Å². The summed E-state index contributed by atoms with van der Waals surface area (Å²) in [5, 5.41) is 22.1. The lowest BCUT2D eigenvalue weighted by Gasteiger charge is -2.22. The summed E-state index contributed by atoms with van der Waals surface area (Å²) in [5.41, 5.74) is -0.670. The monoisotopic (exact) mass is 388 g/mol. The van der Waals surface area contributed by atoms with Crippen LogP contribution in [0.1, 0.15) is 22.3 Å². The predicted octanol–water partition coefficient (Wildman–Crippen LogP) is 2.10. The predicted molar refractivity (Wildman–Crippen MR) is 95.4 cm³/mol. The summed E-state index contributed by atoms with van der Waals surface area (Å²) in [5.74, 6) is -1.23. The summed E-state index contributed by atoms with van der Waals surface area (Å²) < 4.78 is 4.57. The molecular weight excluding hydrogens is 372 g/mol. The Kier molecular flexibility index (Phi) is 6.68. The van der Waals surface area contributed by atoms with Crippen molar-refractivity contribution in [3.8, 4) is 0 Å². The Bertz CT molecular complexity index is 869. The van der Waals surface area contributed by atoms with Crippen molar-refractivity contribution in [1.82, 2.24) is 9.88 Å². The van der Waals surface area contributed by atoms with Crippen molar-refractivity contribution < 1.29 is 24.2 Å². The molecule has 11 nitrogen and oxygen atoms in total. The molecule has 0 fully saturated rings. The second-order valence-electron chi connectivity index (χ2n) is 5.66. The quantitative estimate of drug-likeness (QED) is 0.379. The average molecular weight is 388 g/mol. The van der Waals surface area contributed by atoms with Crippen molar-refractivity contribution in [1.29, 1.82) is 0 Å². The molecule has 1 amide bonds. The highest BCUT2D eigenvalue weighted by Crippen LogP contribution is 2.24. The molecular formula is C17H16N4O7. The van der Waals surface area contributed by atoms with E-state index in [1.165, 1.54) is 24.4 Å².